The monoisotopic (exact) mass is 460 g/mol. The van der Waals surface area contributed by atoms with Crippen LogP contribution in [0.15, 0.2) is 46.3 Å². The lowest BCUT2D eigenvalue weighted by Gasteiger charge is -2.27. The van der Waals surface area contributed by atoms with Gasteiger partial charge in [0.1, 0.15) is 5.75 Å². The van der Waals surface area contributed by atoms with Crippen LogP contribution in [0.4, 0.5) is 0 Å². The lowest BCUT2D eigenvalue weighted by Crippen LogP contribution is -2.40. The van der Waals surface area contributed by atoms with E-state index in [0.29, 0.717) is 25.3 Å². The average Bonchev–Trinajstić information content (AvgIpc) is 3.47. The van der Waals surface area contributed by atoms with Crippen LogP contribution in [0, 0.1) is 6.92 Å². The molecule has 3 aromatic rings. The third-order valence-electron chi connectivity index (χ3n) is 5.37. The van der Waals surface area contributed by atoms with Gasteiger partial charge in [-0.1, -0.05) is 5.16 Å². The molecular weight excluding hydrogens is 436 g/mol. The fourth-order valence-corrected chi connectivity index (χ4v) is 6.28. The molecular formula is C22H24N2O5S2. The molecule has 31 heavy (non-hydrogen) atoms. The van der Waals surface area contributed by atoms with Crippen LogP contribution >= 0.6 is 11.3 Å². The van der Waals surface area contributed by atoms with Crippen molar-refractivity contribution >= 4 is 27.1 Å². The number of sulfone groups is 1. The molecule has 1 aliphatic heterocycles. The Morgan fingerprint density at radius 1 is 1.29 bits per heavy atom. The number of hydrogen-bond donors (Lipinski definition) is 0. The van der Waals surface area contributed by atoms with E-state index in [1.807, 2.05) is 49.6 Å². The van der Waals surface area contributed by atoms with Crippen LogP contribution in [0.25, 0.3) is 11.3 Å². The van der Waals surface area contributed by atoms with Crippen LogP contribution in [0.2, 0.25) is 0 Å². The first-order valence-corrected chi connectivity index (χ1v) is 12.8. The minimum atomic E-state index is -3.14. The second kappa shape index (κ2) is 8.84. The number of carbonyl (C=O) groups is 1. The van der Waals surface area contributed by atoms with E-state index in [1.165, 1.54) is 0 Å². The second-order valence-corrected chi connectivity index (χ2v) is 10.8. The molecule has 1 aliphatic rings. The first kappa shape index (κ1) is 21.6. The zero-order valence-corrected chi connectivity index (χ0v) is 19.0. The number of aromatic nitrogens is 1. The van der Waals surface area contributed by atoms with Crippen molar-refractivity contribution in [2.75, 3.05) is 18.1 Å². The average molecular weight is 461 g/mol. The highest BCUT2D eigenvalue weighted by Crippen LogP contribution is 2.28. The summed E-state index contributed by atoms with van der Waals surface area (Å²) in [7, 11) is -3.14. The van der Waals surface area contributed by atoms with Gasteiger partial charge in [0.05, 0.1) is 24.7 Å². The van der Waals surface area contributed by atoms with Gasteiger partial charge in [-0.3, -0.25) is 4.79 Å². The third-order valence-corrected chi connectivity index (χ3v) is 8.13. The molecule has 0 radical (unpaired) electrons. The Balaban J connectivity index is 1.59. The molecule has 3 heterocycles. The number of amides is 1. The summed E-state index contributed by atoms with van der Waals surface area (Å²) in [5, 5.41) is 5.96. The molecule has 164 valence electrons. The molecule has 0 bridgehead atoms. The summed E-state index contributed by atoms with van der Waals surface area (Å²) in [6, 6.07) is 10.6. The van der Waals surface area contributed by atoms with Crippen LogP contribution in [-0.4, -0.2) is 48.5 Å². The van der Waals surface area contributed by atoms with Crippen LogP contribution in [0.1, 0.15) is 34.3 Å². The van der Waals surface area contributed by atoms with Gasteiger partial charge in [0.15, 0.2) is 21.3 Å². The number of hydrogen-bond acceptors (Lipinski definition) is 7. The van der Waals surface area contributed by atoms with Crippen LogP contribution in [-0.2, 0) is 16.4 Å². The van der Waals surface area contributed by atoms with Gasteiger partial charge in [0.2, 0.25) is 0 Å². The maximum atomic E-state index is 13.4. The van der Waals surface area contributed by atoms with Crippen molar-refractivity contribution < 1.29 is 22.5 Å². The summed E-state index contributed by atoms with van der Waals surface area (Å²) >= 11 is 1.56. The molecule has 9 heteroatoms. The van der Waals surface area contributed by atoms with E-state index >= 15 is 0 Å². The quantitative estimate of drug-likeness (QED) is 0.531. The Morgan fingerprint density at radius 3 is 2.68 bits per heavy atom. The summed E-state index contributed by atoms with van der Waals surface area (Å²) in [5.74, 6) is 0.976. The lowest BCUT2D eigenvalue weighted by atomic mass is 10.1. The Kier molecular flexibility index (Phi) is 6.15. The molecule has 0 aliphatic carbocycles. The van der Waals surface area contributed by atoms with Crippen LogP contribution < -0.4 is 4.74 Å². The number of ether oxygens (including phenoxy) is 1. The Hall–Kier alpha value is -2.65. The smallest absolute Gasteiger partial charge is 0.276 e. The summed E-state index contributed by atoms with van der Waals surface area (Å²) in [5.41, 5.74) is 2.03. The third kappa shape index (κ3) is 4.83. The SMILES string of the molecule is CCOc1ccc(-c2cc(C(=O)N(Cc3sccc3C)C3CCS(=O)(=O)C3)no2)cc1. The van der Waals surface area contributed by atoms with Crippen molar-refractivity contribution in [2.45, 2.75) is 32.9 Å². The normalized spacial score (nSPS) is 17.5. The summed E-state index contributed by atoms with van der Waals surface area (Å²) < 4.78 is 35.0. The van der Waals surface area contributed by atoms with Gasteiger partial charge in [-0.05, 0) is 61.5 Å². The van der Waals surface area contributed by atoms with Crippen molar-refractivity contribution in [1.82, 2.24) is 10.1 Å². The van der Waals surface area contributed by atoms with Crippen molar-refractivity contribution in [3.63, 3.8) is 0 Å². The molecule has 0 spiro atoms. The number of rotatable bonds is 7. The highest BCUT2D eigenvalue weighted by atomic mass is 32.2. The second-order valence-electron chi connectivity index (χ2n) is 7.55. The molecule has 2 aromatic heterocycles. The molecule has 1 fully saturated rings. The first-order valence-electron chi connectivity index (χ1n) is 10.1. The van der Waals surface area contributed by atoms with E-state index in [-0.39, 0.29) is 29.1 Å². The number of aryl methyl sites for hydroxylation is 1. The topological polar surface area (TPSA) is 89.7 Å². The molecule has 1 amide bonds. The van der Waals surface area contributed by atoms with E-state index in [0.717, 1.165) is 21.8 Å². The Morgan fingerprint density at radius 2 is 2.06 bits per heavy atom. The highest BCUT2D eigenvalue weighted by Gasteiger charge is 2.36. The first-order chi connectivity index (χ1) is 14.9. The molecule has 1 atom stereocenters. The maximum Gasteiger partial charge on any atom is 0.276 e. The fourth-order valence-electron chi connectivity index (χ4n) is 3.65. The van der Waals surface area contributed by atoms with Gasteiger partial charge in [-0.2, -0.15) is 0 Å². The predicted molar refractivity (Wildman–Crippen MR) is 119 cm³/mol. The highest BCUT2D eigenvalue weighted by molar-refractivity contribution is 7.91. The van der Waals surface area contributed by atoms with Gasteiger partial charge in [-0.25, -0.2) is 8.42 Å². The van der Waals surface area contributed by atoms with E-state index < -0.39 is 9.84 Å². The van der Waals surface area contributed by atoms with E-state index in [9.17, 15) is 13.2 Å². The fraction of sp³-hybridized carbons (Fsp3) is 0.364. The zero-order chi connectivity index (χ0) is 22.0. The van der Waals surface area contributed by atoms with E-state index in [1.54, 1.807) is 22.3 Å². The zero-order valence-electron chi connectivity index (χ0n) is 17.4. The van der Waals surface area contributed by atoms with Gasteiger partial charge in [0, 0.05) is 22.5 Å². The van der Waals surface area contributed by atoms with Crippen LogP contribution in [0.5, 0.6) is 5.75 Å². The molecule has 7 nitrogen and oxygen atoms in total. The molecule has 1 unspecified atom stereocenters. The largest absolute Gasteiger partial charge is 0.494 e. The van der Waals surface area contributed by atoms with Gasteiger partial charge >= 0.3 is 0 Å². The van der Waals surface area contributed by atoms with Crippen molar-refractivity contribution in [3.05, 3.63) is 57.9 Å². The minimum absolute atomic E-state index is 0.0211. The Bertz CT molecular complexity index is 1160. The van der Waals surface area contributed by atoms with Crippen LogP contribution in [0.3, 0.4) is 0 Å². The summed E-state index contributed by atoms with van der Waals surface area (Å²) in [4.78, 5) is 16.0. The Labute approximate surface area is 185 Å². The van der Waals surface area contributed by atoms with E-state index in [2.05, 4.69) is 5.16 Å². The number of thiophene rings is 1. The van der Waals surface area contributed by atoms with Gasteiger partial charge in [-0.15, -0.1) is 11.3 Å². The molecule has 0 N–H and O–H groups in total. The molecule has 4 rings (SSSR count). The molecule has 1 saturated heterocycles. The minimum Gasteiger partial charge on any atom is -0.494 e. The van der Waals surface area contributed by atoms with Crippen molar-refractivity contribution in [1.29, 1.82) is 0 Å². The maximum absolute atomic E-state index is 13.4. The summed E-state index contributed by atoms with van der Waals surface area (Å²) in [6.45, 7) is 4.84. The predicted octanol–water partition coefficient (Wildman–Crippen LogP) is 3.94. The van der Waals surface area contributed by atoms with Gasteiger partial charge < -0.3 is 14.2 Å². The van der Waals surface area contributed by atoms with Crippen molar-refractivity contribution in [2.24, 2.45) is 0 Å². The number of benzene rings is 1. The molecule has 1 aromatic carbocycles. The lowest BCUT2D eigenvalue weighted by molar-refractivity contribution is 0.0672. The number of nitrogens with zero attached hydrogens (tertiary/aromatic N) is 2. The van der Waals surface area contributed by atoms with Gasteiger partial charge in [0.25, 0.3) is 5.91 Å². The van der Waals surface area contributed by atoms with Crippen molar-refractivity contribution in [3.8, 4) is 17.1 Å². The summed E-state index contributed by atoms with van der Waals surface area (Å²) in [6.07, 6.45) is 0.433. The molecule has 0 saturated carbocycles. The van der Waals surface area contributed by atoms with E-state index in [4.69, 9.17) is 9.26 Å². The standard InChI is InChI=1S/C22H24N2O5S2/c1-3-28-18-6-4-16(5-7-18)20-12-19(23-29-20)22(25)24(13-21-15(2)8-10-30-21)17-9-11-31(26,27)14-17/h4-8,10,12,17H,3,9,11,13-14H2,1-2H3. The number of carbonyl (C=O) groups excluding carboxylic acids is 1.